The monoisotopic (exact) mass is 250 g/mol. The summed E-state index contributed by atoms with van der Waals surface area (Å²) >= 11 is 1.90. The van der Waals surface area contributed by atoms with Crippen molar-refractivity contribution in [2.45, 2.75) is 44.8 Å². The van der Waals surface area contributed by atoms with Gasteiger partial charge in [0.2, 0.25) is 0 Å². The molecule has 3 unspecified atom stereocenters. The number of fused-ring (bicyclic) bond motifs is 1. The zero-order valence-corrected chi connectivity index (χ0v) is 11.6. The van der Waals surface area contributed by atoms with Gasteiger partial charge in [0, 0.05) is 36.1 Å². The third kappa shape index (κ3) is 2.16. The molecule has 1 aromatic heterocycles. The highest BCUT2D eigenvalue weighted by molar-refractivity contribution is 7.10. The van der Waals surface area contributed by atoms with Crippen molar-refractivity contribution in [1.82, 2.24) is 9.80 Å². The van der Waals surface area contributed by atoms with E-state index in [1.54, 1.807) is 0 Å². The van der Waals surface area contributed by atoms with E-state index in [4.69, 9.17) is 0 Å². The number of piperazine rings is 1. The summed E-state index contributed by atoms with van der Waals surface area (Å²) in [4.78, 5) is 6.92. The highest BCUT2D eigenvalue weighted by Gasteiger charge is 2.36. The molecule has 0 spiro atoms. The summed E-state index contributed by atoms with van der Waals surface area (Å²) in [6.45, 7) is 8.61. The molecule has 1 aromatic rings. The lowest BCUT2D eigenvalue weighted by Crippen LogP contribution is -2.55. The van der Waals surface area contributed by atoms with Crippen molar-refractivity contribution in [2.24, 2.45) is 0 Å². The summed E-state index contributed by atoms with van der Waals surface area (Å²) in [5, 5.41) is 2.20. The zero-order valence-electron chi connectivity index (χ0n) is 10.8. The van der Waals surface area contributed by atoms with Crippen molar-refractivity contribution in [2.75, 3.05) is 19.6 Å². The average molecular weight is 250 g/mol. The highest BCUT2D eigenvalue weighted by Crippen LogP contribution is 2.32. The lowest BCUT2D eigenvalue weighted by molar-refractivity contribution is 0.0335. The van der Waals surface area contributed by atoms with Gasteiger partial charge in [0.05, 0.1) is 0 Å². The summed E-state index contributed by atoms with van der Waals surface area (Å²) < 4.78 is 0. The van der Waals surface area contributed by atoms with E-state index >= 15 is 0 Å². The van der Waals surface area contributed by atoms with Crippen LogP contribution < -0.4 is 0 Å². The van der Waals surface area contributed by atoms with Gasteiger partial charge in [-0.2, -0.15) is 0 Å². The second kappa shape index (κ2) is 4.71. The first-order valence-corrected chi connectivity index (χ1v) is 7.67. The molecule has 0 amide bonds. The topological polar surface area (TPSA) is 6.48 Å². The average Bonchev–Trinajstić information content (AvgIpc) is 2.97. The lowest BCUT2D eigenvalue weighted by atomic mass is 10.0. The minimum Gasteiger partial charge on any atom is -0.298 e. The Morgan fingerprint density at radius 1 is 1.41 bits per heavy atom. The molecular weight excluding hydrogens is 228 g/mol. The summed E-state index contributed by atoms with van der Waals surface area (Å²) in [7, 11) is 0. The van der Waals surface area contributed by atoms with Gasteiger partial charge < -0.3 is 0 Å². The van der Waals surface area contributed by atoms with Crippen LogP contribution in [0.4, 0.5) is 0 Å². The predicted octanol–water partition coefficient (Wildman–Crippen LogP) is 2.98. The number of rotatable bonds is 2. The standard InChI is InChI=1S/C14H22N2S/c1-11-9-15-7-3-5-13(15)10-16(11)12(2)14-6-4-8-17-14/h4,6,8,11-13H,3,5,7,9-10H2,1-2H3. The van der Waals surface area contributed by atoms with Gasteiger partial charge in [-0.25, -0.2) is 0 Å². The molecule has 3 heterocycles. The van der Waals surface area contributed by atoms with Crippen molar-refractivity contribution >= 4 is 11.3 Å². The zero-order chi connectivity index (χ0) is 11.8. The quantitative estimate of drug-likeness (QED) is 0.796. The Labute approximate surface area is 108 Å². The molecule has 0 aromatic carbocycles. The summed E-state index contributed by atoms with van der Waals surface area (Å²) in [5.74, 6) is 0. The largest absolute Gasteiger partial charge is 0.298 e. The first-order valence-electron chi connectivity index (χ1n) is 6.79. The first kappa shape index (κ1) is 11.7. The third-order valence-electron chi connectivity index (χ3n) is 4.44. The fourth-order valence-electron chi connectivity index (χ4n) is 3.44. The number of thiophene rings is 1. The van der Waals surface area contributed by atoms with Gasteiger partial charge in [-0.3, -0.25) is 9.80 Å². The molecule has 0 aliphatic carbocycles. The second-order valence-corrected chi connectivity index (χ2v) is 6.51. The SMILES string of the molecule is CC1CN2CCCC2CN1C(C)c1cccs1. The molecular formula is C14H22N2S. The van der Waals surface area contributed by atoms with E-state index in [1.807, 2.05) is 11.3 Å². The fraction of sp³-hybridized carbons (Fsp3) is 0.714. The normalized spacial score (nSPS) is 32.6. The number of nitrogens with zero attached hydrogens (tertiary/aromatic N) is 2. The van der Waals surface area contributed by atoms with Gasteiger partial charge in [-0.15, -0.1) is 11.3 Å². The molecule has 17 heavy (non-hydrogen) atoms. The van der Waals surface area contributed by atoms with Crippen molar-refractivity contribution in [3.05, 3.63) is 22.4 Å². The molecule has 0 N–H and O–H groups in total. The van der Waals surface area contributed by atoms with E-state index in [0.717, 1.165) is 6.04 Å². The Morgan fingerprint density at radius 3 is 3.06 bits per heavy atom. The Kier molecular flexibility index (Phi) is 3.24. The molecule has 94 valence electrons. The fourth-order valence-corrected chi connectivity index (χ4v) is 4.25. The van der Waals surface area contributed by atoms with Gasteiger partial charge in [0.25, 0.3) is 0 Å². The molecule has 3 atom stereocenters. The van der Waals surface area contributed by atoms with E-state index in [-0.39, 0.29) is 0 Å². The Bertz CT molecular complexity index is 362. The highest BCUT2D eigenvalue weighted by atomic mass is 32.1. The summed E-state index contributed by atoms with van der Waals surface area (Å²) in [6.07, 6.45) is 2.80. The van der Waals surface area contributed by atoms with Crippen LogP contribution >= 0.6 is 11.3 Å². The smallest absolute Gasteiger partial charge is 0.0417 e. The number of hydrogen-bond donors (Lipinski definition) is 0. The van der Waals surface area contributed by atoms with Crippen LogP contribution in [0.3, 0.4) is 0 Å². The molecule has 0 saturated carbocycles. The van der Waals surface area contributed by atoms with E-state index < -0.39 is 0 Å². The maximum Gasteiger partial charge on any atom is 0.0417 e. The van der Waals surface area contributed by atoms with Gasteiger partial charge in [0.15, 0.2) is 0 Å². The summed E-state index contributed by atoms with van der Waals surface area (Å²) in [5.41, 5.74) is 0. The molecule has 2 aliphatic rings. The van der Waals surface area contributed by atoms with Crippen LogP contribution in [0.15, 0.2) is 17.5 Å². The van der Waals surface area contributed by atoms with E-state index in [0.29, 0.717) is 12.1 Å². The van der Waals surface area contributed by atoms with Gasteiger partial charge >= 0.3 is 0 Å². The van der Waals surface area contributed by atoms with Gasteiger partial charge in [0.1, 0.15) is 0 Å². The van der Waals surface area contributed by atoms with E-state index in [9.17, 15) is 0 Å². The lowest BCUT2D eigenvalue weighted by Gasteiger charge is -2.45. The van der Waals surface area contributed by atoms with Crippen LogP contribution in [0.5, 0.6) is 0 Å². The molecule has 2 nitrogen and oxygen atoms in total. The van der Waals surface area contributed by atoms with Crippen LogP contribution in [0.2, 0.25) is 0 Å². The van der Waals surface area contributed by atoms with E-state index in [1.165, 1.54) is 37.4 Å². The molecule has 2 aliphatic heterocycles. The minimum atomic E-state index is 0.591. The molecule has 3 heteroatoms. The van der Waals surface area contributed by atoms with E-state index in [2.05, 4.69) is 41.2 Å². The first-order chi connectivity index (χ1) is 8.25. The van der Waals surface area contributed by atoms with Crippen LogP contribution in [-0.4, -0.2) is 41.5 Å². The van der Waals surface area contributed by atoms with Crippen LogP contribution in [0, 0.1) is 0 Å². The van der Waals surface area contributed by atoms with Crippen molar-refractivity contribution in [1.29, 1.82) is 0 Å². The maximum atomic E-state index is 2.71. The van der Waals surface area contributed by atoms with Crippen LogP contribution in [0.1, 0.15) is 37.6 Å². The number of hydrogen-bond acceptors (Lipinski definition) is 3. The van der Waals surface area contributed by atoms with Gasteiger partial charge in [-0.05, 0) is 44.7 Å². The molecule has 3 rings (SSSR count). The van der Waals surface area contributed by atoms with Crippen molar-refractivity contribution in [3.8, 4) is 0 Å². The Morgan fingerprint density at radius 2 is 2.29 bits per heavy atom. The van der Waals surface area contributed by atoms with Crippen molar-refractivity contribution < 1.29 is 0 Å². The van der Waals surface area contributed by atoms with Crippen LogP contribution in [0.25, 0.3) is 0 Å². The summed E-state index contributed by atoms with van der Waals surface area (Å²) in [6, 6.07) is 6.57. The predicted molar refractivity (Wildman–Crippen MR) is 73.5 cm³/mol. The van der Waals surface area contributed by atoms with Gasteiger partial charge in [-0.1, -0.05) is 6.07 Å². The maximum absolute atomic E-state index is 2.71. The Hall–Kier alpha value is -0.380. The molecule has 0 radical (unpaired) electrons. The minimum absolute atomic E-state index is 0.591. The molecule has 2 saturated heterocycles. The van der Waals surface area contributed by atoms with Crippen LogP contribution in [-0.2, 0) is 0 Å². The Balaban J connectivity index is 1.74. The third-order valence-corrected chi connectivity index (χ3v) is 5.48. The molecule has 2 fully saturated rings. The van der Waals surface area contributed by atoms with Crippen molar-refractivity contribution in [3.63, 3.8) is 0 Å². The second-order valence-electron chi connectivity index (χ2n) is 5.53. The molecule has 0 bridgehead atoms.